The molecule has 130 valence electrons. The van der Waals surface area contributed by atoms with Crippen molar-refractivity contribution in [2.45, 2.75) is 13.0 Å². The Kier molecular flexibility index (Phi) is 4.18. The largest absolute Gasteiger partial charge is 0.323 e. The van der Waals surface area contributed by atoms with Crippen molar-refractivity contribution in [1.29, 1.82) is 0 Å². The number of carbonyl (C=O) groups is 1. The van der Waals surface area contributed by atoms with Gasteiger partial charge in [0.05, 0.1) is 22.6 Å². The van der Waals surface area contributed by atoms with Crippen LogP contribution in [0.25, 0.3) is 20.4 Å². The van der Waals surface area contributed by atoms with Gasteiger partial charge in [0.1, 0.15) is 15.6 Å². The number of aromatic nitrogens is 3. The van der Waals surface area contributed by atoms with E-state index in [-0.39, 0.29) is 11.5 Å². The van der Waals surface area contributed by atoms with Gasteiger partial charge in [0, 0.05) is 11.6 Å². The van der Waals surface area contributed by atoms with E-state index >= 15 is 0 Å². The first-order chi connectivity index (χ1) is 12.6. The first-order valence-corrected chi connectivity index (χ1v) is 9.05. The molecule has 26 heavy (non-hydrogen) atoms. The quantitative estimate of drug-likeness (QED) is 0.581. The highest BCUT2D eigenvalue weighted by Gasteiger charge is 2.20. The second-order valence-corrected chi connectivity index (χ2v) is 7.14. The minimum absolute atomic E-state index is 0.264. The number of carbonyl (C=O) groups excluding carboxylic acids is 1. The fourth-order valence-electron chi connectivity index (χ4n) is 2.68. The number of para-hydroxylation sites is 1. The molecule has 0 unspecified atom stereocenters. The van der Waals surface area contributed by atoms with Gasteiger partial charge in [-0.05, 0) is 31.2 Å². The van der Waals surface area contributed by atoms with Crippen LogP contribution in [0.15, 0.2) is 53.7 Å². The summed E-state index contributed by atoms with van der Waals surface area (Å²) in [4.78, 5) is 34.8. The summed E-state index contributed by atoms with van der Waals surface area (Å²) >= 11 is 7.35. The van der Waals surface area contributed by atoms with Gasteiger partial charge in [-0.25, -0.2) is 9.97 Å². The summed E-state index contributed by atoms with van der Waals surface area (Å²) < 4.78 is 1.81. The van der Waals surface area contributed by atoms with Gasteiger partial charge in [-0.2, -0.15) is 0 Å². The van der Waals surface area contributed by atoms with Crippen LogP contribution < -0.4 is 10.9 Å². The minimum atomic E-state index is -0.742. The number of amides is 1. The average Bonchev–Trinajstić information content (AvgIpc) is 3.03. The molecular weight excluding hydrogens is 372 g/mol. The first-order valence-electron chi connectivity index (χ1n) is 7.86. The standard InChI is InChI=1S/C18H13ClN4O2S/c1-10(16(24)22-13-7-3-2-6-12(13)19)23-9-21-14-11-5-4-8-20-17(11)26-15(14)18(23)25/h2-10H,1H3,(H,22,24)/t10-/m1/s1. The molecule has 8 heteroatoms. The topological polar surface area (TPSA) is 76.9 Å². The number of fused-ring (bicyclic) bond motifs is 3. The predicted molar refractivity (Wildman–Crippen MR) is 104 cm³/mol. The Morgan fingerprint density at radius 1 is 1.23 bits per heavy atom. The molecule has 6 nitrogen and oxygen atoms in total. The van der Waals surface area contributed by atoms with Crippen molar-refractivity contribution in [3.8, 4) is 0 Å². The van der Waals surface area contributed by atoms with Crippen molar-refractivity contribution in [3.05, 3.63) is 64.3 Å². The Morgan fingerprint density at radius 3 is 2.85 bits per heavy atom. The molecule has 1 N–H and O–H groups in total. The zero-order valence-electron chi connectivity index (χ0n) is 13.6. The maximum absolute atomic E-state index is 12.9. The molecule has 4 rings (SSSR count). The van der Waals surface area contributed by atoms with E-state index in [4.69, 9.17) is 11.6 Å². The molecule has 0 aliphatic carbocycles. The van der Waals surface area contributed by atoms with Crippen LogP contribution in [0.5, 0.6) is 0 Å². The molecular formula is C18H13ClN4O2S. The van der Waals surface area contributed by atoms with E-state index < -0.39 is 6.04 Å². The van der Waals surface area contributed by atoms with E-state index in [2.05, 4.69) is 15.3 Å². The summed E-state index contributed by atoms with van der Waals surface area (Å²) in [5.41, 5.74) is 0.844. The Hall–Kier alpha value is -2.77. The molecule has 1 aromatic carbocycles. The minimum Gasteiger partial charge on any atom is -0.323 e. The van der Waals surface area contributed by atoms with Gasteiger partial charge in [0.25, 0.3) is 5.56 Å². The highest BCUT2D eigenvalue weighted by atomic mass is 35.5. The summed E-state index contributed by atoms with van der Waals surface area (Å²) in [5, 5.41) is 4.02. The number of anilines is 1. The Balaban J connectivity index is 1.73. The van der Waals surface area contributed by atoms with Crippen LogP contribution in [-0.4, -0.2) is 20.4 Å². The number of hydrogen-bond acceptors (Lipinski definition) is 5. The van der Waals surface area contributed by atoms with E-state index in [0.29, 0.717) is 20.9 Å². The second-order valence-electron chi connectivity index (χ2n) is 5.74. The zero-order chi connectivity index (χ0) is 18.3. The fraction of sp³-hybridized carbons (Fsp3) is 0.111. The molecule has 0 saturated heterocycles. The predicted octanol–water partition coefficient (Wildman–Crippen LogP) is 3.86. The zero-order valence-corrected chi connectivity index (χ0v) is 15.2. The van der Waals surface area contributed by atoms with E-state index in [1.54, 1.807) is 43.5 Å². The van der Waals surface area contributed by atoms with Crippen LogP contribution in [0.2, 0.25) is 5.02 Å². The number of hydrogen-bond donors (Lipinski definition) is 1. The summed E-state index contributed by atoms with van der Waals surface area (Å²) in [6.45, 7) is 1.65. The van der Waals surface area contributed by atoms with Crippen molar-refractivity contribution >= 4 is 55.0 Å². The third-order valence-electron chi connectivity index (χ3n) is 4.11. The summed E-state index contributed by atoms with van der Waals surface area (Å²) in [5.74, 6) is -0.347. The number of halogens is 1. The van der Waals surface area contributed by atoms with Gasteiger partial charge in [-0.15, -0.1) is 11.3 Å². The van der Waals surface area contributed by atoms with Crippen molar-refractivity contribution in [2.75, 3.05) is 5.32 Å². The van der Waals surface area contributed by atoms with Gasteiger partial charge >= 0.3 is 0 Å². The van der Waals surface area contributed by atoms with Crippen LogP contribution in [-0.2, 0) is 4.79 Å². The van der Waals surface area contributed by atoms with Crippen molar-refractivity contribution in [2.24, 2.45) is 0 Å². The maximum atomic E-state index is 12.9. The molecule has 3 aromatic heterocycles. The van der Waals surface area contributed by atoms with Crippen LogP contribution >= 0.6 is 22.9 Å². The molecule has 1 amide bonds. The molecule has 0 spiro atoms. The average molecular weight is 385 g/mol. The maximum Gasteiger partial charge on any atom is 0.272 e. The Bertz CT molecular complexity index is 1200. The van der Waals surface area contributed by atoms with Gasteiger partial charge in [-0.1, -0.05) is 23.7 Å². The Morgan fingerprint density at radius 2 is 2.04 bits per heavy atom. The van der Waals surface area contributed by atoms with E-state index in [0.717, 1.165) is 10.2 Å². The van der Waals surface area contributed by atoms with Gasteiger partial charge in [0.2, 0.25) is 5.91 Å². The molecule has 0 radical (unpaired) electrons. The van der Waals surface area contributed by atoms with E-state index in [1.807, 2.05) is 6.07 Å². The van der Waals surface area contributed by atoms with Gasteiger partial charge in [0.15, 0.2) is 0 Å². The first kappa shape index (κ1) is 16.7. The second kappa shape index (κ2) is 6.51. The molecule has 0 saturated carbocycles. The Labute approximate surface area is 157 Å². The third-order valence-corrected chi connectivity index (χ3v) is 5.53. The van der Waals surface area contributed by atoms with E-state index in [9.17, 15) is 9.59 Å². The SMILES string of the molecule is C[C@H](C(=O)Nc1ccccc1Cl)n1cnc2c(sc3ncccc32)c1=O. The molecule has 0 aliphatic rings. The van der Waals surface area contributed by atoms with Crippen LogP contribution in [0.4, 0.5) is 5.69 Å². The van der Waals surface area contributed by atoms with Crippen LogP contribution in [0, 0.1) is 0 Å². The van der Waals surface area contributed by atoms with Gasteiger partial charge < -0.3 is 5.32 Å². The van der Waals surface area contributed by atoms with E-state index in [1.165, 1.54) is 22.2 Å². The lowest BCUT2D eigenvalue weighted by atomic mass is 10.2. The van der Waals surface area contributed by atoms with Crippen LogP contribution in [0.3, 0.4) is 0 Å². The highest BCUT2D eigenvalue weighted by molar-refractivity contribution is 7.25. The number of nitrogens with one attached hydrogen (secondary N) is 1. The molecule has 3 heterocycles. The lowest BCUT2D eigenvalue weighted by Gasteiger charge is -2.15. The molecule has 1 atom stereocenters. The van der Waals surface area contributed by atoms with Crippen molar-refractivity contribution < 1.29 is 4.79 Å². The van der Waals surface area contributed by atoms with Gasteiger partial charge in [-0.3, -0.25) is 14.2 Å². The number of rotatable bonds is 3. The number of thiophene rings is 1. The highest BCUT2D eigenvalue weighted by Crippen LogP contribution is 2.28. The van der Waals surface area contributed by atoms with Crippen LogP contribution in [0.1, 0.15) is 13.0 Å². The molecule has 0 aliphatic heterocycles. The van der Waals surface area contributed by atoms with Crippen molar-refractivity contribution in [1.82, 2.24) is 14.5 Å². The van der Waals surface area contributed by atoms with Crippen molar-refractivity contribution in [3.63, 3.8) is 0 Å². The smallest absolute Gasteiger partial charge is 0.272 e. The number of benzene rings is 1. The molecule has 4 aromatic rings. The molecule has 0 fully saturated rings. The lowest BCUT2D eigenvalue weighted by Crippen LogP contribution is -2.31. The third kappa shape index (κ3) is 2.75. The summed E-state index contributed by atoms with van der Waals surface area (Å²) in [6, 6.07) is 9.89. The normalized spacial score (nSPS) is 12.4. The lowest BCUT2D eigenvalue weighted by molar-refractivity contribution is -0.118. The molecule has 0 bridgehead atoms. The summed E-state index contributed by atoms with van der Waals surface area (Å²) in [7, 11) is 0. The fourth-order valence-corrected chi connectivity index (χ4v) is 3.90. The number of pyridine rings is 1. The summed E-state index contributed by atoms with van der Waals surface area (Å²) in [6.07, 6.45) is 3.08. The monoisotopic (exact) mass is 384 g/mol. The number of nitrogens with zero attached hydrogens (tertiary/aromatic N) is 3.